The second-order valence-corrected chi connectivity index (χ2v) is 4.02. The minimum absolute atomic E-state index is 0.0339. The molecule has 2 aromatic rings. The summed E-state index contributed by atoms with van der Waals surface area (Å²) in [7, 11) is 0. The molecular weight excluding hydrogens is 311 g/mol. The number of nitrogens with zero attached hydrogens (tertiary/aromatic N) is 6. The van der Waals surface area contributed by atoms with Crippen LogP contribution in [0.15, 0.2) is 34.7 Å². The van der Waals surface area contributed by atoms with Crippen molar-refractivity contribution in [3.05, 3.63) is 52.9 Å². The van der Waals surface area contributed by atoms with Crippen LogP contribution in [-0.4, -0.2) is 21.2 Å². The largest absolute Gasteiger partial charge is 0.388 e. The van der Waals surface area contributed by atoms with E-state index < -0.39 is 28.8 Å². The fourth-order valence-electron chi connectivity index (χ4n) is 1.51. The van der Waals surface area contributed by atoms with Gasteiger partial charge in [0.05, 0.1) is 12.4 Å². The van der Waals surface area contributed by atoms with Gasteiger partial charge in [-0.2, -0.15) is 15.6 Å². The highest BCUT2D eigenvalue weighted by atomic mass is 19.1. The Kier molecular flexibility index (Phi) is 4.38. The van der Waals surface area contributed by atoms with Crippen molar-refractivity contribution in [2.75, 3.05) is 0 Å². The Morgan fingerprint density at radius 3 is 2.43 bits per heavy atom. The monoisotopic (exact) mass is 317 g/mol. The molecule has 0 amide bonds. The van der Waals surface area contributed by atoms with E-state index in [0.717, 1.165) is 12.4 Å². The summed E-state index contributed by atoms with van der Waals surface area (Å²) in [5.41, 5.74) is 3.87. The molecule has 2 rings (SSSR count). The van der Waals surface area contributed by atoms with Crippen LogP contribution in [0.1, 0.15) is 5.69 Å². The number of allylic oxidation sites excluding steroid dienone is 2. The number of hydrogen-bond donors (Lipinski definition) is 1. The van der Waals surface area contributed by atoms with Crippen LogP contribution in [0.25, 0.3) is 5.69 Å². The lowest BCUT2D eigenvalue weighted by Gasteiger charge is -2.02. The van der Waals surface area contributed by atoms with Crippen molar-refractivity contribution in [3.63, 3.8) is 0 Å². The normalized spacial score (nSPS) is 11.9. The summed E-state index contributed by atoms with van der Waals surface area (Å²) >= 11 is 0. The van der Waals surface area contributed by atoms with Crippen LogP contribution >= 0.6 is 0 Å². The van der Waals surface area contributed by atoms with Crippen molar-refractivity contribution in [1.29, 1.82) is 10.5 Å². The van der Waals surface area contributed by atoms with E-state index in [9.17, 15) is 13.2 Å². The molecule has 0 atom stereocenters. The lowest BCUT2D eigenvalue weighted by atomic mass is 10.3. The van der Waals surface area contributed by atoms with Gasteiger partial charge in [-0.3, -0.25) is 0 Å². The summed E-state index contributed by atoms with van der Waals surface area (Å²) in [6.45, 7) is 0. The van der Waals surface area contributed by atoms with Gasteiger partial charge in [0.25, 0.3) is 0 Å². The Balaban J connectivity index is 2.37. The van der Waals surface area contributed by atoms with E-state index in [1.54, 1.807) is 12.1 Å². The topological polar surface area (TPSA) is 117 Å². The van der Waals surface area contributed by atoms with Crippen molar-refractivity contribution in [2.24, 2.45) is 10.7 Å². The van der Waals surface area contributed by atoms with Crippen LogP contribution in [0, 0.1) is 40.1 Å². The summed E-state index contributed by atoms with van der Waals surface area (Å²) in [4.78, 5) is 4.24. The zero-order valence-corrected chi connectivity index (χ0v) is 11.2. The lowest BCUT2D eigenvalue weighted by molar-refractivity contribution is 0.518. The second-order valence-electron chi connectivity index (χ2n) is 4.02. The molecule has 0 fully saturated rings. The highest BCUT2D eigenvalue weighted by Gasteiger charge is 2.15. The van der Waals surface area contributed by atoms with E-state index in [-0.39, 0.29) is 11.4 Å². The molecular formula is C13H6F3N7. The van der Waals surface area contributed by atoms with Gasteiger partial charge >= 0.3 is 0 Å². The van der Waals surface area contributed by atoms with E-state index in [1.165, 1.54) is 0 Å². The van der Waals surface area contributed by atoms with E-state index in [2.05, 4.69) is 15.2 Å². The Morgan fingerprint density at radius 1 is 1.22 bits per heavy atom. The van der Waals surface area contributed by atoms with Crippen molar-refractivity contribution < 1.29 is 13.2 Å². The van der Waals surface area contributed by atoms with Crippen LogP contribution in [-0.2, 0) is 0 Å². The molecule has 0 aliphatic heterocycles. The van der Waals surface area contributed by atoms with Gasteiger partial charge in [-0.15, -0.1) is 9.90 Å². The number of hydrogen-bond acceptors (Lipinski definition) is 6. The number of rotatable bonds is 3. The first kappa shape index (κ1) is 15.7. The van der Waals surface area contributed by atoms with Crippen LogP contribution in [0.5, 0.6) is 0 Å². The molecule has 1 aromatic heterocycles. The first-order valence-corrected chi connectivity index (χ1v) is 5.87. The third kappa shape index (κ3) is 3.33. The second kappa shape index (κ2) is 6.41. The number of nitrogens with two attached hydrogens (primary N) is 1. The van der Waals surface area contributed by atoms with Gasteiger partial charge in [0.15, 0.2) is 23.0 Å². The SMILES string of the molecule is N#C/C(N)=C(C#N)/N=C/c1cnn(-c2c(F)cc(F)cc2F)n1. The first-order valence-electron chi connectivity index (χ1n) is 5.87. The molecule has 1 heterocycles. The molecule has 10 heteroatoms. The zero-order chi connectivity index (χ0) is 17.0. The predicted molar refractivity (Wildman–Crippen MR) is 71.3 cm³/mol. The molecule has 0 saturated heterocycles. The van der Waals surface area contributed by atoms with E-state index >= 15 is 0 Å². The van der Waals surface area contributed by atoms with Crippen molar-refractivity contribution in [1.82, 2.24) is 15.0 Å². The molecule has 2 N–H and O–H groups in total. The molecule has 0 saturated carbocycles. The number of benzene rings is 1. The number of nitriles is 2. The smallest absolute Gasteiger partial charge is 0.174 e. The van der Waals surface area contributed by atoms with Crippen LogP contribution in [0.2, 0.25) is 0 Å². The quantitative estimate of drug-likeness (QED) is 0.677. The highest BCUT2D eigenvalue weighted by molar-refractivity contribution is 5.77. The third-order valence-corrected chi connectivity index (χ3v) is 2.50. The average Bonchev–Trinajstić information content (AvgIpc) is 2.95. The van der Waals surface area contributed by atoms with Crippen molar-refractivity contribution in [2.45, 2.75) is 0 Å². The van der Waals surface area contributed by atoms with Gasteiger partial charge in [-0.1, -0.05) is 0 Å². The zero-order valence-electron chi connectivity index (χ0n) is 11.2. The van der Waals surface area contributed by atoms with E-state index in [0.29, 0.717) is 16.9 Å². The fraction of sp³-hybridized carbons (Fsp3) is 0. The summed E-state index contributed by atoms with van der Waals surface area (Å²) in [5.74, 6) is -3.45. The third-order valence-electron chi connectivity index (χ3n) is 2.50. The lowest BCUT2D eigenvalue weighted by Crippen LogP contribution is -2.06. The standard InChI is InChI=1S/C13H6F3N7/c14-7-1-9(15)13(10(16)2-7)23-21-6-8(22-23)5-20-12(4-18)11(19)3-17/h1-2,5-6H,19H2/b12-11-,20-5+. The number of halogens is 3. The van der Waals surface area contributed by atoms with Crippen molar-refractivity contribution >= 4 is 6.21 Å². The maximum atomic E-state index is 13.6. The molecule has 0 aliphatic carbocycles. The molecule has 1 aromatic carbocycles. The van der Waals surface area contributed by atoms with Gasteiger partial charge in [0.1, 0.15) is 29.3 Å². The van der Waals surface area contributed by atoms with Crippen LogP contribution < -0.4 is 5.73 Å². The number of aromatic nitrogens is 3. The van der Waals surface area contributed by atoms with Crippen LogP contribution in [0.3, 0.4) is 0 Å². The maximum absolute atomic E-state index is 13.6. The molecule has 0 spiro atoms. The summed E-state index contributed by atoms with van der Waals surface area (Å²) in [5, 5.41) is 24.7. The minimum atomic E-state index is -1.19. The van der Waals surface area contributed by atoms with Gasteiger partial charge in [0, 0.05) is 12.1 Å². The van der Waals surface area contributed by atoms with Gasteiger partial charge in [-0.25, -0.2) is 18.2 Å². The molecule has 7 nitrogen and oxygen atoms in total. The van der Waals surface area contributed by atoms with Crippen LogP contribution in [0.4, 0.5) is 13.2 Å². The summed E-state index contributed by atoms with van der Waals surface area (Å²) in [6.07, 6.45) is 2.13. The molecule has 0 bridgehead atoms. The molecule has 0 aliphatic rings. The van der Waals surface area contributed by atoms with Crippen molar-refractivity contribution in [3.8, 4) is 17.8 Å². The molecule has 0 radical (unpaired) electrons. The predicted octanol–water partition coefficient (Wildman–Crippen LogP) is 1.32. The Hall–Kier alpha value is -3.66. The Labute approximate surface area is 127 Å². The van der Waals surface area contributed by atoms with Gasteiger partial charge in [-0.05, 0) is 0 Å². The fourth-order valence-corrected chi connectivity index (χ4v) is 1.51. The highest BCUT2D eigenvalue weighted by Crippen LogP contribution is 2.17. The Morgan fingerprint density at radius 2 is 1.87 bits per heavy atom. The van der Waals surface area contributed by atoms with Gasteiger partial charge in [0.2, 0.25) is 0 Å². The average molecular weight is 317 g/mol. The summed E-state index contributed by atoms with van der Waals surface area (Å²) < 4.78 is 40.1. The number of aliphatic imine (C=N–C) groups is 1. The first-order chi connectivity index (χ1) is 11.0. The molecule has 0 unspecified atom stereocenters. The summed E-state index contributed by atoms with van der Waals surface area (Å²) in [6, 6.07) is 4.12. The van der Waals surface area contributed by atoms with Gasteiger partial charge < -0.3 is 5.73 Å². The van der Waals surface area contributed by atoms with E-state index in [1.807, 2.05) is 0 Å². The Bertz CT molecular complexity index is 876. The maximum Gasteiger partial charge on any atom is 0.174 e. The molecule has 114 valence electrons. The van der Waals surface area contributed by atoms with E-state index in [4.69, 9.17) is 16.3 Å². The molecule has 23 heavy (non-hydrogen) atoms. The minimum Gasteiger partial charge on any atom is -0.388 e.